The number of aryl methyl sites for hydroxylation is 1. The molecule has 2 aromatic rings. The topological polar surface area (TPSA) is 35.0 Å². The van der Waals surface area contributed by atoms with Crippen LogP contribution in [0, 0.1) is 6.92 Å². The first-order chi connectivity index (χ1) is 7.65. The fraction of sp³-hybridized carbons (Fsp3) is 0.0909. The third-order valence-corrected chi connectivity index (χ3v) is 2.77. The Morgan fingerprint density at radius 3 is 2.56 bits per heavy atom. The van der Waals surface area contributed by atoms with Crippen molar-refractivity contribution in [3.63, 3.8) is 0 Å². The minimum Gasteiger partial charge on any atom is -0.424 e. The van der Waals surface area contributed by atoms with Gasteiger partial charge in [-0.15, -0.1) is 0 Å². The van der Waals surface area contributed by atoms with Gasteiger partial charge in [-0.3, -0.25) is 0 Å². The van der Waals surface area contributed by atoms with Gasteiger partial charge >= 0.3 is 6.01 Å². The zero-order valence-corrected chi connectivity index (χ0v) is 10.8. The van der Waals surface area contributed by atoms with Gasteiger partial charge in [0, 0.05) is 17.4 Å². The molecule has 0 saturated carbocycles. The molecule has 1 aromatic carbocycles. The van der Waals surface area contributed by atoms with Gasteiger partial charge in [-0.25, -0.2) is 9.97 Å². The first-order valence-electron chi connectivity index (χ1n) is 4.57. The van der Waals surface area contributed by atoms with E-state index in [2.05, 4.69) is 25.9 Å². The summed E-state index contributed by atoms with van der Waals surface area (Å²) in [6.45, 7) is 1.91. The standard InChI is InChI=1S/C11H8BrClN2O/c1-7-4-9(2-3-10(7)13)16-11-14-5-8(12)6-15-11/h2-6H,1H3. The summed E-state index contributed by atoms with van der Waals surface area (Å²) in [5, 5.41) is 0.712. The zero-order valence-electron chi connectivity index (χ0n) is 8.45. The molecule has 0 aliphatic carbocycles. The van der Waals surface area contributed by atoms with Crippen LogP contribution in [0.25, 0.3) is 0 Å². The Balaban J connectivity index is 2.20. The van der Waals surface area contributed by atoms with E-state index >= 15 is 0 Å². The molecule has 0 radical (unpaired) electrons. The van der Waals surface area contributed by atoms with Crippen LogP contribution in [-0.4, -0.2) is 9.97 Å². The molecule has 0 fully saturated rings. The lowest BCUT2D eigenvalue weighted by atomic mass is 10.2. The highest BCUT2D eigenvalue weighted by atomic mass is 79.9. The SMILES string of the molecule is Cc1cc(Oc2ncc(Br)cn2)ccc1Cl. The summed E-state index contributed by atoms with van der Waals surface area (Å²) in [5.41, 5.74) is 0.955. The van der Waals surface area contributed by atoms with Crippen molar-refractivity contribution in [2.45, 2.75) is 6.92 Å². The van der Waals surface area contributed by atoms with Crippen LogP contribution in [0.4, 0.5) is 0 Å². The molecule has 1 heterocycles. The molecule has 2 rings (SSSR count). The van der Waals surface area contributed by atoms with Crippen LogP contribution in [0.2, 0.25) is 5.02 Å². The largest absolute Gasteiger partial charge is 0.424 e. The van der Waals surface area contributed by atoms with Gasteiger partial charge in [-0.1, -0.05) is 11.6 Å². The van der Waals surface area contributed by atoms with Crippen LogP contribution < -0.4 is 4.74 Å². The fourth-order valence-electron chi connectivity index (χ4n) is 1.14. The molecule has 1 aromatic heterocycles. The molecule has 16 heavy (non-hydrogen) atoms. The van der Waals surface area contributed by atoms with Gasteiger partial charge in [0.15, 0.2) is 0 Å². The fourth-order valence-corrected chi connectivity index (χ4v) is 1.46. The predicted molar refractivity (Wildman–Crippen MR) is 66.0 cm³/mol. The lowest BCUT2D eigenvalue weighted by Crippen LogP contribution is -1.91. The molecule has 0 N–H and O–H groups in total. The van der Waals surface area contributed by atoms with Crippen molar-refractivity contribution < 1.29 is 4.74 Å². The predicted octanol–water partition coefficient (Wildman–Crippen LogP) is 3.99. The number of hydrogen-bond donors (Lipinski definition) is 0. The maximum absolute atomic E-state index is 5.91. The number of benzene rings is 1. The molecule has 3 nitrogen and oxygen atoms in total. The summed E-state index contributed by atoms with van der Waals surface area (Å²) in [6.07, 6.45) is 3.26. The lowest BCUT2D eigenvalue weighted by molar-refractivity contribution is 0.441. The van der Waals surface area contributed by atoms with E-state index in [1.807, 2.05) is 13.0 Å². The molecule has 0 aliphatic heterocycles. The van der Waals surface area contributed by atoms with E-state index in [1.54, 1.807) is 24.5 Å². The van der Waals surface area contributed by atoms with Crippen molar-refractivity contribution in [2.75, 3.05) is 0 Å². The van der Waals surface area contributed by atoms with E-state index in [1.165, 1.54) is 0 Å². The van der Waals surface area contributed by atoms with Crippen LogP contribution in [0.15, 0.2) is 35.1 Å². The van der Waals surface area contributed by atoms with Crippen LogP contribution in [-0.2, 0) is 0 Å². The molecule has 0 spiro atoms. The Morgan fingerprint density at radius 2 is 1.94 bits per heavy atom. The maximum Gasteiger partial charge on any atom is 0.321 e. The first kappa shape index (κ1) is 11.4. The monoisotopic (exact) mass is 298 g/mol. The lowest BCUT2D eigenvalue weighted by Gasteiger charge is -2.05. The van der Waals surface area contributed by atoms with Crippen LogP contribution in [0.1, 0.15) is 5.56 Å². The molecule has 0 unspecified atom stereocenters. The third kappa shape index (κ3) is 2.71. The number of aromatic nitrogens is 2. The second kappa shape index (κ2) is 4.80. The highest BCUT2D eigenvalue weighted by Crippen LogP contribution is 2.24. The summed E-state index contributed by atoms with van der Waals surface area (Å²) in [6, 6.07) is 5.71. The van der Waals surface area contributed by atoms with Crippen molar-refractivity contribution in [2.24, 2.45) is 0 Å². The Kier molecular flexibility index (Phi) is 3.41. The maximum atomic E-state index is 5.91. The van der Waals surface area contributed by atoms with E-state index < -0.39 is 0 Å². The van der Waals surface area contributed by atoms with Crippen molar-refractivity contribution in [1.29, 1.82) is 0 Å². The number of rotatable bonds is 2. The van der Waals surface area contributed by atoms with Gasteiger partial charge in [-0.2, -0.15) is 0 Å². The number of nitrogens with zero attached hydrogens (tertiary/aromatic N) is 2. The van der Waals surface area contributed by atoms with Gasteiger partial charge in [0.2, 0.25) is 0 Å². The molecule has 0 saturated heterocycles. The highest BCUT2D eigenvalue weighted by Gasteiger charge is 2.02. The Labute approximate surface area is 107 Å². The van der Waals surface area contributed by atoms with Gasteiger partial charge in [0.25, 0.3) is 0 Å². The Bertz CT molecular complexity index is 502. The van der Waals surface area contributed by atoms with E-state index in [9.17, 15) is 0 Å². The zero-order chi connectivity index (χ0) is 11.5. The van der Waals surface area contributed by atoms with Crippen LogP contribution >= 0.6 is 27.5 Å². The molecular formula is C11H8BrClN2O. The van der Waals surface area contributed by atoms with Crippen molar-refractivity contribution in [3.05, 3.63) is 45.7 Å². The summed E-state index contributed by atoms with van der Waals surface area (Å²) < 4.78 is 6.28. The molecule has 0 atom stereocenters. The highest BCUT2D eigenvalue weighted by molar-refractivity contribution is 9.10. The summed E-state index contributed by atoms with van der Waals surface area (Å²) >= 11 is 9.17. The smallest absolute Gasteiger partial charge is 0.321 e. The van der Waals surface area contributed by atoms with Crippen molar-refractivity contribution in [1.82, 2.24) is 9.97 Å². The summed E-state index contributed by atoms with van der Waals surface area (Å²) in [4.78, 5) is 8.02. The Hall–Kier alpha value is -1.13. The molecular weight excluding hydrogens is 291 g/mol. The molecule has 0 amide bonds. The molecule has 0 bridgehead atoms. The van der Waals surface area contributed by atoms with Crippen molar-refractivity contribution >= 4 is 27.5 Å². The average molecular weight is 300 g/mol. The van der Waals surface area contributed by atoms with Crippen LogP contribution in [0.3, 0.4) is 0 Å². The number of halogens is 2. The number of hydrogen-bond acceptors (Lipinski definition) is 3. The summed E-state index contributed by atoms with van der Waals surface area (Å²) in [7, 11) is 0. The minimum absolute atomic E-state index is 0.310. The molecule has 0 aliphatic rings. The van der Waals surface area contributed by atoms with E-state index in [-0.39, 0.29) is 0 Å². The normalized spacial score (nSPS) is 10.2. The van der Waals surface area contributed by atoms with Crippen LogP contribution in [0.5, 0.6) is 11.8 Å². The summed E-state index contributed by atoms with van der Waals surface area (Å²) in [5.74, 6) is 0.671. The Morgan fingerprint density at radius 1 is 1.25 bits per heavy atom. The second-order valence-corrected chi connectivity index (χ2v) is 4.52. The molecule has 82 valence electrons. The second-order valence-electron chi connectivity index (χ2n) is 3.20. The van der Waals surface area contributed by atoms with E-state index in [0.717, 1.165) is 10.0 Å². The average Bonchev–Trinajstić information content (AvgIpc) is 2.27. The van der Waals surface area contributed by atoms with Gasteiger partial charge < -0.3 is 4.74 Å². The van der Waals surface area contributed by atoms with E-state index in [4.69, 9.17) is 16.3 Å². The number of ether oxygens (including phenoxy) is 1. The molecule has 5 heteroatoms. The quantitative estimate of drug-likeness (QED) is 0.841. The van der Waals surface area contributed by atoms with Crippen molar-refractivity contribution in [3.8, 4) is 11.8 Å². The van der Waals surface area contributed by atoms with E-state index in [0.29, 0.717) is 16.8 Å². The van der Waals surface area contributed by atoms with Gasteiger partial charge in [0.05, 0.1) is 4.47 Å². The third-order valence-electron chi connectivity index (χ3n) is 1.94. The first-order valence-corrected chi connectivity index (χ1v) is 5.74. The van der Waals surface area contributed by atoms with Gasteiger partial charge in [-0.05, 0) is 46.6 Å². The minimum atomic E-state index is 0.310. The van der Waals surface area contributed by atoms with Gasteiger partial charge in [0.1, 0.15) is 5.75 Å².